The molecule has 1 heterocycles. The van der Waals surface area contributed by atoms with Crippen LogP contribution in [0.2, 0.25) is 10.0 Å². The summed E-state index contributed by atoms with van der Waals surface area (Å²) in [6.45, 7) is 0.130. The second-order valence-electron chi connectivity index (χ2n) is 4.51. The first-order chi connectivity index (χ1) is 10.0. The molecule has 3 nitrogen and oxygen atoms in total. The Kier molecular flexibility index (Phi) is 3.53. The van der Waals surface area contributed by atoms with E-state index in [4.69, 9.17) is 33.4 Å². The van der Waals surface area contributed by atoms with Crippen LogP contribution in [0, 0.1) is 5.82 Å². The number of phenols is 1. The summed E-state index contributed by atoms with van der Waals surface area (Å²) in [6.07, 6.45) is 0. The molecule has 108 valence electrons. The van der Waals surface area contributed by atoms with Crippen LogP contribution in [0.1, 0.15) is 5.76 Å². The normalized spacial score (nSPS) is 11.2. The number of benzene rings is 2. The molecule has 21 heavy (non-hydrogen) atoms. The summed E-state index contributed by atoms with van der Waals surface area (Å²) in [6, 6.07) is 7.63. The Morgan fingerprint density at radius 2 is 1.86 bits per heavy atom. The van der Waals surface area contributed by atoms with E-state index in [0.717, 1.165) is 6.07 Å². The minimum atomic E-state index is -0.780. The predicted octanol–water partition coefficient (Wildman–Crippen LogP) is 4.71. The zero-order chi connectivity index (χ0) is 15.1. The number of nitrogens with two attached hydrogens (primary N) is 1. The third-order valence-corrected chi connectivity index (χ3v) is 3.84. The lowest BCUT2D eigenvalue weighted by molar-refractivity contribution is 0.438. The molecule has 0 amide bonds. The summed E-state index contributed by atoms with van der Waals surface area (Å²) in [7, 11) is 0. The summed E-state index contributed by atoms with van der Waals surface area (Å²) >= 11 is 12.3. The fraction of sp³-hybridized carbons (Fsp3) is 0.0667. The van der Waals surface area contributed by atoms with Gasteiger partial charge in [0.25, 0.3) is 0 Å². The molecule has 0 radical (unpaired) electrons. The van der Waals surface area contributed by atoms with Crippen LogP contribution in [0.15, 0.2) is 34.7 Å². The number of fused-ring (bicyclic) bond motifs is 1. The molecule has 0 unspecified atom stereocenters. The highest BCUT2D eigenvalue weighted by atomic mass is 35.5. The van der Waals surface area contributed by atoms with Gasteiger partial charge in [-0.3, -0.25) is 0 Å². The van der Waals surface area contributed by atoms with Crippen molar-refractivity contribution in [3.05, 3.63) is 52.0 Å². The molecule has 0 aliphatic carbocycles. The van der Waals surface area contributed by atoms with Crippen molar-refractivity contribution in [2.45, 2.75) is 6.54 Å². The minimum absolute atomic E-state index is 0.130. The Bertz CT molecular complexity index is 825. The molecule has 0 fully saturated rings. The lowest BCUT2D eigenvalue weighted by Gasteiger charge is -2.09. The molecule has 3 aromatic rings. The van der Waals surface area contributed by atoms with Gasteiger partial charge in [0.1, 0.15) is 11.3 Å². The molecular formula is C15H10Cl2FNO2. The molecule has 0 aliphatic rings. The Hall–Kier alpha value is -1.75. The van der Waals surface area contributed by atoms with Crippen LogP contribution in [-0.2, 0) is 6.54 Å². The van der Waals surface area contributed by atoms with E-state index in [-0.39, 0.29) is 11.9 Å². The molecular weight excluding hydrogens is 316 g/mol. The first-order valence-corrected chi connectivity index (χ1v) is 6.87. The maximum atomic E-state index is 14.0. The lowest BCUT2D eigenvalue weighted by Crippen LogP contribution is -1.92. The van der Waals surface area contributed by atoms with E-state index < -0.39 is 11.6 Å². The van der Waals surface area contributed by atoms with Crippen LogP contribution in [0.3, 0.4) is 0 Å². The summed E-state index contributed by atoms with van der Waals surface area (Å²) in [4.78, 5) is 0. The predicted molar refractivity (Wildman–Crippen MR) is 81.2 cm³/mol. The SMILES string of the molecule is NCc1cc2c(O)c(F)cc(-c3c(Cl)cccc3Cl)c2o1. The standard InChI is InChI=1S/C15H10Cl2FNO2/c16-10-2-1-3-11(17)13(10)8-5-12(18)14(20)9-4-7(6-19)21-15(8)9/h1-5,20H,6,19H2. The van der Waals surface area contributed by atoms with Crippen LogP contribution < -0.4 is 5.73 Å². The van der Waals surface area contributed by atoms with Crippen molar-refractivity contribution in [3.8, 4) is 16.9 Å². The molecule has 0 bridgehead atoms. The van der Waals surface area contributed by atoms with Gasteiger partial charge < -0.3 is 15.3 Å². The van der Waals surface area contributed by atoms with Gasteiger partial charge in [0.2, 0.25) is 0 Å². The highest BCUT2D eigenvalue weighted by Crippen LogP contribution is 2.43. The van der Waals surface area contributed by atoms with Gasteiger partial charge in [-0.05, 0) is 24.3 Å². The summed E-state index contributed by atoms with van der Waals surface area (Å²) in [5, 5.41) is 10.8. The van der Waals surface area contributed by atoms with Gasteiger partial charge in [-0.1, -0.05) is 29.3 Å². The van der Waals surface area contributed by atoms with Crippen molar-refractivity contribution < 1.29 is 13.9 Å². The molecule has 3 rings (SSSR count). The maximum Gasteiger partial charge on any atom is 0.166 e. The van der Waals surface area contributed by atoms with E-state index in [1.807, 2.05) is 0 Å². The third kappa shape index (κ3) is 2.25. The topological polar surface area (TPSA) is 59.4 Å². The van der Waals surface area contributed by atoms with Crippen LogP contribution in [0.4, 0.5) is 4.39 Å². The first kappa shape index (κ1) is 14.2. The van der Waals surface area contributed by atoms with Gasteiger partial charge in [-0.15, -0.1) is 0 Å². The molecule has 0 aliphatic heterocycles. The van der Waals surface area contributed by atoms with E-state index >= 15 is 0 Å². The number of furan rings is 1. The second-order valence-corrected chi connectivity index (χ2v) is 5.33. The Morgan fingerprint density at radius 1 is 1.19 bits per heavy atom. The van der Waals surface area contributed by atoms with Crippen LogP contribution in [0.5, 0.6) is 5.75 Å². The van der Waals surface area contributed by atoms with Crippen molar-refractivity contribution in [1.29, 1.82) is 0 Å². The Morgan fingerprint density at radius 3 is 2.48 bits per heavy atom. The van der Waals surface area contributed by atoms with Crippen molar-refractivity contribution in [1.82, 2.24) is 0 Å². The van der Waals surface area contributed by atoms with Crippen molar-refractivity contribution in [2.24, 2.45) is 5.73 Å². The summed E-state index contributed by atoms with van der Waals surface area (Å²) in [5.41, 5.74) is 6.64. The molecule has 1 aromatic heterocycles. The van der Waals surface area contributed by atoms with Crippen molar-refractivity contribution in [2.75, 3.05) is 0 Å². The molecule has 0 saturated heterocycles. The average Bonchev–Trinajstić information content (AvgIpc) is 2.88. The van der Waals surface area contributed by atoms with Gasteiger partial charge in [0.05, 0.1) is 22.0 Å². The highest BCUT2D eigenvalue weighted by Gasteiger charge is 2.20. The molecule has 3 N–H and O–H groups in total. The third-order valence-electron chi connectivity index (χ3n) is 3.21. The Labute approximate surface area is 129 Å². The zero-order valence-electron chi connectivity index (χ0n) is 10.7. The number of aromatic hydroxyl groups is 1. The summed E-state index contributed by atoms with van der Waals surface area (Å²) in [5.74, 6) is -0.839. The number of rotatable bonds is 2. The van der Waals surface area contributed by atoms with Crippen LogP contribution in [0.25, 0.3) is 22.1 Å². The minimum Gasteiger partial charge on any atom is -0.504 e. The monoisotopic (exact) mass is 325 g/mol. The number of hydrogen-bond donors (Lipinski definition) is 2. The van der Waals surface area contributed by atoms with Gasteiger partial charge in [-0.2, -0.15) is 0 Å². The number of phenolic OH excluding ortho intramolecular Hbond substituents is 1. The largest absolute Gasteiger partial charge is 0.504 e. The van der Waals surface area contributed by atoms with E-state index in [0.29, 0.717) is 32.5 Å². The van der Waals surface area contributed by atoms with E-state index in [1.54, 1.807) is 18.2 Å². The molecule has 0 spiro atoms. The quantitative estimate of drug-likeness (QED) is 0.717. The average molecular weight is 326 g/mol. The molecule has 0 saturated carbocycles. The molecule has 6 heteroatoms. The molecule has 0 atom stereocenters. The van der Waals surface area contributed by atoms with Crippen molar-refractivity contribution >= 4 is 34.2 Å². The van der Waals surface area contributed by atoms with Crippen LogP contribution >= 0.6 is 23.2 Å². The lowest BCUT2D eigenvalue weighted by atomic mass is 10.0. The van der Waals surface area contributed by atoms with Gasteiger partial charge in [0, 0.05) is 11.1 Å². The fourth-order valence-electron chi connectivity index (χ4n) is 2.25. The first-order valence-electron chi connectivity index (χ1n) is 6.11. The number of hydrogen-bond acceptors (Lipinski definition) is 3. The van der Waals surface area contributed by atoms with Gasteiger partial charge >= 0.3 is 0 Å². The van der Waals surface area contributed by atoms with E-state index in [9.17, 15) is 9.50 Å². The van der Waals surface area contributed by atoms with Gasteiger partial charge in [-0.25, -0.2) is 4.39 Å². The smallest absolute Gasteiger partial charge is 0.166 e. The van der Waals surface area contributed by atoms with Crippen molar-refractivity contribution in [3.63, 3.8) is 0 Å². The second kappa shape index (κ2) is 5.22. The summed E-state index contributed by atoms with van der Waals surface area (Å²) < 4.78 is 19.5. The van der Waals surface area contributed by atoms with E-state index in [2.05, 4.69) is 0 Å². The number of halogens is 3. The highest BCUT2D eigenvalue weighted by molar-refractivity contribution is 6.39. The maximum absolute atomic E-state index is 14.0. The molecule has 2 aromatic carbocycles. The van der Waals surface area contributed by atoms with E-state index in [1.165, 1.54) is 6.07 Å². The zero-order valence-corrected chi connectivity index (χ0v) is 12.2. The van der Waals surface area contributed by atoms with Gasteiger partial charge in [0.15, 0.2) is 11.6 Å². The Balaban J connectivity index is 2.42. The van der Waals surface area contributed by atoms with Crippen LogP contribution in [-0.4, -0.2) is 5.11 Å². The fourth-order valence-corrected chi connectivity index (χ4v) is 2.85.